The first kappa shape index (κ1) is 30.0. The molecule has 1 saturated carbocycles. The SMILES string of the molecule is COC(=O)CCC1C2=C3CC(=O)C4=C(C)C(=CC5=NC(=CC6=NC(=CC(=N2)C1C)C(C)=C6C(C)O)C(C)=C5CC(C)C)N=C34. The minimum Gasteiger partial charge on any atom is -0.469 e. The van der Waals surface area contributed by atoms with Crippen molar-refractivity contribution < 1.29 is 19.4 Å². The van der Waals surface area contributed by atoms with E-state index in [1.807, 2.05) is 32.1 Å². The van der Waals surface area contributed by atoms with Crippen LogP contribution in [0, 0.1) is 17.8 Å². The fourth-order valence-electron chi connectivity index (χ4n) is 7.13. The lowest BCUT2D eigenvalue weighted by Gasteiger charge is -2.18. The average molecular weight is 593 g/mol. The first-order chi connectivity index (χ1) is 20.9. The topological polar surface area (TPSA) is 113 Å². The van der Waals surface area contributed by atoms with Gasteiger partial charge in [-0.05, 0) is 87.0 Å². The Labute approximate surface area is 258 Å². The number of aliphatic hydroxyl groups is 1. The second-order valence-electron chi connectivity index (χ2n) is 13.0. The number of hydrogen-bond donors (Lipinski definition) is 1. The van der Waals surface area contributed by atoms with Gasteiger partial charge in [-0.3, -0.25) is 14.6 Å². The Kier molecular flexibility index (Phi) is 7.60. The smallest absolute Gasteiger partial charge is 0.305 e. The molecule has 6 rings (SSSR count). The van der Waals surface area contributed by atoms with E-state index >= 15 is 0 Å². The van der Waals surface area contributed by atoms with Crippen molar-refractivity contribution in [1.29, 1.82) is 0 Å². The highest BCUT2D eigenvalue weighted by Gasteiger charge is 2.42. The van der Waals surface area contributed by atoms with Gasteiger partial charge in [0.05, 0.1) is 53.1 Å². The number of rotatable bonds is 6. The van der Waals surface area contributed by atoms with Gasteiger partial charge in [-0.15, -0.1) is 0 Å². The van der Waals surface area contributed by atoms with Crippen molar-refractivity contribution >= 4 is 34.6 Å². The predicted molar refractivity (Wildman–Crippen MR) is 174 cm³/mol. The highest BCUT2D eigenvalue weighted by molar-refractivity contribution is 6.38. The van der Waals surface area contributed by atoms with Gasteiger partial charge in [0.15, 0.2) is 5.78 Å². The third kappa shape index (κ3) is 4.89. The molecule has 0 saturated heterocycles. The number of esters is 1. The number of fused-ring (bicyclic) bond motifs is 4. The second-order valence-corrected chi connectivity index (χ2v) is 13.0. The maximum absolute atomic E-state index is 13.5. The van der Waals surface area contributed by atoms with Crippen molar-refractivity contribution in [2.75, 3.05) is 7.11 Å². The summed E-state index contributed by atoms with van der Waals surface area (Å²) in [7, 11) is 1.40. The standard InChI is InChI=1S/C36H40N4O4/c1-16(2)11-23-18(4)25-15-30-33(21(7)41)19(5)27(38-30)13-26-17(3)22(9-10-32(43)44-8)35(39-26)24-12-31(42)34-20(6)28(40-36(24)34)14-29(23)37-25/h13-17,21-22,41H,9-12H2,1-8H3. The zero-order valence-corrected chi connectivity index (χ0v) is 26.8. The first-order valence-corrected chi connectivity index (χ1v) is 15.5. The van der Waals surface area contributed by atoms with E-state index in [-0.39, 0.29) is 36.4 Å². The first-order valence-electron chi connectivity index (χ1n) is 15.5. The fraction of sp³-hybridized carbons (Fsp3) is 0.444. The molecule has 0 aromatic rings. The van der Waals surface area contributed by atoms with Crippen LogP contribution >= 0.6 is 0 Å². The molecule has 8 nitrogen and oxygen atoms in total. The summed E-state index contributed by atoms with van der Waals surface area (Å²) >= 11 is 0. The molecule has 0 amide bonds. The molecule has 1 fully saturated rings. The summed E-state index contributed by atoms with van der Waals surface area (Å²) in [6, 6.07) is 0. The van der Waals surface area contributed by atoms with Gasteiger partial charge in [0.25, 0.3) is 0 Å². The van der Waals surface area contributed by atoms with Crippen molar-refractivity contribution in [2.45, 2.75) is 80.3 Å². The molecule has 1 aliphatic carbocycles. The molecule has 1 N–H and O–H groups in total. The normalized spacial score (nSPS) is 25.0. The number of allylic oxidation sites excluding steroid dienone is 10. The van der Waals surface area contributed by atoms with Gasteiger partial charge in [-0.1, -0.05) is 20.8 Å². The molecule has 8 bridgehead atoms. The average Bonchev–Trinajstić information content (AvgIpc) is 3.71. The van der Waals surface area contributed by atoms with Gasteiger partial charge in [0.1, 0.15) is 0 Å². The van der Waals surface area contributed by atoms with Crippen LogP contribution in [0.2, 0.25) is 0 Å². The molecule has 5 heterocycles. The van der Waals surface area contributed by atoms with E-state index in [1.54, 1.807) is 6.92 Å². The molecule has 8 heteroatoms. The molecule has 228 valence electrons. The van der Waals surface area contributed by atoms with E-state index in [4.69, 9.17) is 24.7 Å². The van der Waals surface area contributed by atoms with Crippen LogP contribution < -0.4 is 0 Å². The number of carbonyl (C=O) groups excluding carboxylic acids is 2. The van der Waals surface area contributed by atoms with Gasteiger partial charge >= 0.3 is 5.97 Å². The van der Waals surface area contributed by atoms with E-state index in [2.05, 4.69) is 27.7 Å². The summed E-state index contributed by atoms with van der Waals surface area (Å²) in [6.07, 6.45) is 7.14. The van der Waals surface area contributed by atoms with Gasteiger partial charge in [0.2, 0.25) is 0 Å². The van der Waals surface area contributed by atoms with E-state index in [0.717, 1.165) is 74.1 Å². The number of ether oxygens (including phenoxy) is 1. The molecule has 0 radical (unpaired) electrons. The van der Waals surface area contributed by atoms with Crippen LogP contribution in [-0.2, 0) is 14.3 Å². The van der Waals surface area contributed by atoms with Crippen LogP contribution in [-0.4, -0.2) is 52.9 Å². The molecular weight excluding hydrogens is 552 g/mol. The summed E-state index contributed by atoms with van der Waals surface area (Å²) in [4.78, 5) is 46.0. The van der Waals surface area contributed by atoms with Crippen LogP contribution in [0.4, 0.5) is 0 Å². The van der Waals surface area contributed by atoms with Gasteiger partial charge in [0, 0.05) is 47.1 Å². The van der Waals surface area contributed by atoms with Crippen molar-refractivity contribution in [3.63, 3.8) is 0 Å². The lowest BCUT2D eigenvalue weighted by molar-refractivity contribution is -0.140. The summed E-state index contributed by atoms with van der Waals surface area (Å²) in [5, 5.41) is 10.9. The molecule has 3 atom stereocenters. The largest absolute Gasteiger partial charge is 0.469 e. The molecule has 44 heavy (non-hydrogen) atoms. The molecule has 5 aliphatic heterocycles. The number of ketones is 1. The van der Waals surface area contributed by atoms with E-state index in [0.29, 0.717) is 29.3 Å². The lowest BCUT2D eigenvalue weighted by atomic mass is 9.84. The van der Waals surface area contributed by atoms with Crippen molar-refractivity contribution in [2.24, 2.45) is 37.7 Å². The minimum absolute atomic E-state index is 0.0303. The van der Waals surface area contributed by atoms with Crippen molar-refractivity contribution in [3.05, 3.63) is 80.0 Å². The number of aliphatic imine (C=N–C) groups is 4. The minimum atomic E-state index is -0.722. The third-order valence-electron chi connectivity index (χ3n) is 9.55. The van der Waals surface area contributed by atoms with Crippen molar-refractivity contribution in [1.82, 2.24) is 0 Å². The zero-order valence-electron chi connectivity index (χ0n) is 26.8. The number of methoxy groups -OCH3 is 1. The number of aliphatic hydroxyl groups excluding tert-OH is 1. The molecular formula is C36H40N4O4. The Balaban J connectivity index is 1.62. The maximum Gasteiger partial charge on any atom is 0.305 e. The second kappa shape index (κ2) is 11.1. The third-order valence-corrected chi connectivity index (χ3v) is 9.55. The monoisotopic (exact) mass is 592 g/mol. The Morgan fingerprint density at radius 3 is 2.30 bits per heavy atom. The van der Waals surface area contributed by atoms with Gasteiger partial charge < -0.3 is 9.84 Å². The number of Topliss-reactive ketones (excluding diaryl/α,β-unsaturated/α-hetero) is 1. The van der Waals surface area contributed by atoms with Gasteiger partial charge in [-0.25, -0.2) is 15.0 Å². The number of nitrogens with zero attached hydrogens (tertiary/aromatic N) is 4. The summed E-state index contributed by atoms with van der Waals surface area (Å²) in [5.74, 6) is 0.0607. The number of carbonyl (C=O) groups is 2. The van der Waals surface area contributed by atoms with Crippen molar-refractivity contribution in [3.8, 4) is 0 Å². The van der Waals surface area contributed by atoms with Crippen LogP contribution in [0.25, 0.3) is 0 Å². The molecule has 0 spiro atoms. The molecule has 0 aromatic carbocycles. The van der Waals surface area contributed by atoms with Crippen LogP contribution in [0.5, 0.6) is 0 Å². The highest BCUT2D eigenvalue weighted by Crippen LogP contribution is 2.45. The van der Waals surface area contributed by atoms with Crippen LogP contribution in [0.15, 0.2) is 100.0 Å². The Bertz CT molecular complexity index is 1760. The van der Waals surface area contributed by atoms with E-state index in [9.17, 15) is 14.7 Å². The summed E-state index contributed by atoms with van der Waals surface area (Å²) < 4.78 is 4.96. The Hall–Kier alpha value is -4.04. The summed E-state index contributed by atoms with van der Waals surface area (Å²) in [6.45, 7) is 14.3. The van der Waals surface area contributed by atoms with E-state index in [1.165, 1.54) is 7.11 Å². The van der Waals surface area contributed by atoms with Crippen LogP contribution in [0.3, 0.4) is 0 Å². The highest BCUT2D eigenvalue weighted by atomic mass is 16.5. The van der Waals surface area contributed by atoms with Crippen LogP contribution in [0.1, 0.15) is 74.1 Å². The predicted octanol–water partition coefficient (Wildman–Crippen LogP) is 6.28. The quantitative estimate of drug-likeness (QED) is 0.366. The fourth-order valence-corrected chi connectivity index (χ4v) is 7.13. The molecule has 0 aromatic heterocycles. The zero-order chi connectivity index (χ0) is 31.6. The Morgan fingerprint density at radius 1 is 0.955 bits per heavy atom. The molecule has 6 aliphatic rings. The lowest BCUT2D eigenvalue weighted by Crippen LogP contribution is -2.17. The maximum atomic E-state index is 13.5. The molecule has 3 unspecified atom stereocenters. The number of hydrogen-bond acceptors (Lipinski definition) is 8. The Morgan fingerprint density at radius 2 is 1.61 bits per heavy atom. The van der Waals surface area contributed by atoms with Gasteiger partial charge in [-0.2, -0.15) is 0 Å². The van der Waals surface area contributed by atoms with E-state index < -0.39 is 6.10 Å². The summed E-state index contributed by atoms with van der Waals surface area (Å²) in [5.41, 5.74) is 12.4.